The van der Waals surface area contributed by atoms with Gasteiger partial charge in [-0.15, -0.1) is 0 Å². The maximum Gasteiger partial charge on any atom is 0.413 e. The molecule has 0 aliphatic carbocycles. The van der Waals surface area contributed by atoms with Gasteiger partial charge in [0.15, 0.2) is 0 Å². The molecule has 2 aliphatic rings. The van der Waals surface area contributed by atoms with Crippen molar-refractivity contribution in [3.63, 3.8) is 0 Å². The summed E-state index contributed by atoms with van der Waals surface area (Å²) < 4.78 is 10.5. The summed E-state index contributed by atoms with van der Waals surface area (Å²) in [6.45, 7) is 14.6. The Balaban J connectivity index is 0.000000273. The van der Waals surface area contributed by atoms with E-state index in [0.29, 0.717) is 37.6 Å². The maximum atomic E-state index is 11.9. The van der Waals surface area contributed by atoms with E-state index in [1.54, 1.807) is 12.1 Å². The molecule has 4 atom stereocenters. The molecular weight excluding hydrogens is 652 g/mol. The number of ether oxygens (including phenoxy) is 2. The highest BCUT2D eigenvalue weighted by molar-refractivity contribution is 5.84. The van der Waals surface area contributed by atoms with Crippen LogP contribution >= 0.6 is 0 Å². The Kier molecular flexibility index (Phi) is 15.8. The number of aromatic nitrogens is 2. The predicted molar refractivity (Wildman–Crippen MR) is 197 cm³/mol. The molecule has 2 aliphatic heterocycles. The third-order valence-corrected chi connectivity index (χ3v) is 7.85. The first-order valence-electron chi connectivity index (χ1n) is 17.3. The molecule has 280 valence electrons. The van der Waals surface area contributed by atoms with Crippen LogP contribution in [0.25, 0.3) is 0 Å². The number of amides is 2. The van der Waals surface area contributed by atoms with Crippen LogP contribution in [0.1, 0.15) is 58.5 Å². The molecule has 2 aromatic heterocycles. The third kappa shape index (κ3) is 15.3. The summed E-state index contributed by atoms with van der Waals surface area (Å²) in [5.74, 6) is 1.20. The van der Waals surface area contributed by atoms with E-state index in [1.807, 2.05) is 84.0 Å². The fourth-order valence-corrected chi connectivity index (χ4v) is 5.72. The Morgan fingerprint density at radius 2 is 1.24 bits per heavy atom. The zero-order chi connectivity index (χ0) is 37.6. The fourth-order valence-electron chi connectivity index (χ4n) is 5.72. The standard InChI is InChI=1S/C22H29N3O3.C15H23N3O3.CH4O/c1-22(2,3)28-21(27)24-20-11-7-10-18(23-20)12-17-14-25(15-19(17)26)13-16-8-5-4-6-9-16;1-15(2,3)21-14(20)18-13-6-4-5-11(17-13)7-10-8-16-9-12(10)19;1-2/h4-11,17,19,26H,12-15H2,1-3H3,(H,23,24,27);4-6,10,12,16,19H,7-9H2,1-3H3,(H,17,18,20);2H,1H3. The van der Waals surface area contributed by atoms with Gasteiger partial charge in [0, 0.05) is 63.1 Å². The molecule has 1 aromatic carbocycles. The number of nitrogens with one attached hydrogen (secondary N) is 3. The van der Waals surface area contributed by atoms with Crippen molar-refractivity contribution in [1.29, 1.82) is 0 Å². The van der Waals surface area contributed by atoms with Crippen LogP contribution in [0.4, 0.5) is 21.2 Å². The van der Waals surface area contributed by atoms with Crippen LogP contribution in [0.5, 0.6) is 0 Å². The first kappa shape index (κ1) is 41.3. The van der Waals surface area contributed by atoms with Crippen LogP contribution in [0.15, 0.2) is 66.7 Å². The minimum Gasteiger partial charge on any atom is -0.444 e. The quantitative estimate of drug-likeness (QED) is 0.192. The fraction of sp³-hybridized carbons (Fsp3) is 0.526. The van der Waals surface area contributed by atoms with Crippen LogP contribution in [0.3, 0.4) is 0 Å². The number of likely N-dealkylation sites (tertiary alicyclic amines) is 1. The number of nitrogens with zero attached hydrogens (tertiary/aromatic N) is 3. The number of anilines is 2. The maximum absolute atomic E-state index is 11.9. The van der Waals surface area contributed by atoms with Crippen molar-refractivity contribution in [3.8, 4) is 0 Å². The van der Waals surface area contributed by atoms with Crippen LogP contribution in [-0.4, -0.2) is 99.1 Å². The normalized spacial score (nSPS) is 20.3. The monoisotopic (exact) mass is 708 g/mol. The van der Waals surface area contributed by atoms with Crippen LogP contribution < -0.4 is 16.0 Å². The Morgan fingerprint density at radius 3 is 1.71 bits per heavy atom. The molecule has 0 radical (unpaired) electrons. The molecule has 6 N–H and O–H groups in total. The number of aliphatic hydroxyl groups is 3. The van der Waals surface area contributed by atoms with E-state index in [2.05, 4.69) is 43.0 Å². The topological polar surface area (TPSA) is 178 Å². The summed E-state index contributed by atoms with van der Waals surface area (Å²) in [7, 11) is 1.00. The molecule has 51 heavy (non-hydrogen) atoms. The lowest BCUT2D eigenvalue weighted by Gasteiger charge is -2.19. The zero-order valence-corrected chi connectivity index (χ0v) is 30.9. The molecule has 3 aromatic rings. The average Bonchev–Trinajstić information content (AvgIpc) is 3.60. The van der Waals surface area contributed by atoms with Gasteiger partial charge in [-0.1, -0.05) is 42.5 Å². The first-order chi connectivity index (χ1) is 24.1. The van der Waals surface area contributed by atoms with Gasteiger partial charge in [-0.3, -0.25) is 15.5 Å². The Labute approximate surface area is 301 Å². The van der Waals surface area contributed by atoms with Gasteiger partial charge in [0.05, 0.1) is 12.2 Å². The molecule has 0 spiro atoms. The largest absolute Gasteiger partial charge is 0.444 e. The van der Waals surface area contributed by atoms with E-state index in [1.165, 1.54) is 5.56 Å². The van der Waals surface area contributed by atoms with Crippen LogP contribution in [-0.2, 0) is 28.9 Å². The number of carbonyl (C=O) groups is 2. The van der Waals surface area contributed by atoms with E-state index in [4.69, 9.17) is 14.6 Å². The van der Waals surface area contributed by atoms with Gasteiger partial charge < -0.3 is 30.1 Å². The molecule has 2 saturated heterocycles. The minimum absolute atomic E-state index is 0.119. The minimum atomic E-state index is -0.558. The molecule has 13 nitrogen and oxygen atoms in total. The summed E-state index contributed by atoms with van der Waals surface area (Å²) in [4.78, 5) is 34.8. The second kappa shape index (κ2) is 19.5. The molecule has 0 bridgehead atoms. The number of benzene rings is 1. The van der Waals surface area contributed by atoms with Crippen molar-refractivity contribution in [2.75, 3.05) is 43.9 Å². The van der Waals surface area contributed by atoms with Crippen LogP contribution in [0.2, 0.25) is 0 Å². The molecule has 4 heterocycles. The lowest BCUT2D eigenvalue weighted by atomic mass is 10.00. The zero-order valence-electron chi connectivity index (χ0n) is 30.9. The van der Waals surface area contributed by atoms with E-state index in [0.717, 1.165) is 38.1 Å². The van der Waals surface area contributed by atoms with E-state index >= 15 is 0 Å². The first-order valence-corrected chi connectivity index (χ1v) is 17.3. The van der Waals surface area contributed by atoms with Gasteiger partial charge in [-0.2, -0.15) is 0 Å². The summed E-state index contributed by atoms with van der Waals surface area (Å²) >= 11 is 0. The SMILES string of the molecule is CC(C)(C)OC(=O)Nc1cccc(CC2CN(Cc3ccccc3)CC2O)n1.CC(C)(C)OC(=O)Nc1cccc(CC2CNCC2O)n1.CO. The summed E-state index contributed by atoms with van der Waals surface area (Å²) in [5, 5.41) is 35.7. The third-order valence-electron chi connectivity index (χ3n) is 7.85. The van der Waals surface area contributed by atoms with Crippen LogP contribution in [0, 0.1) is 11.8 Å². The van der Waals surface area contributed by atoms with Gasteiger partial charge in [0.1, 0.15) is 22.8 Å². The lowest BCUT2D eigenvalue weighted by Crippen LogP contribution is -2.27. The smallest absolute Gasteiger partial charge is 0.413 e. The number of rotatable bonds is 8. The van der Waals surface area contributed by atoms with Gasteiger partial charge in [-0.25, -0.2) is 19.6 Å². The number of hydrogen-bond acceptors (Lipinski definition) is 11. The van der Waals surface area contributed by atoms with Crippen molar-refractivity contribution < 1.29 is 34.4 Å². The van der Waals surface area contributed by atoms with Gasteiger partial charge >= 0.3 is 12.2 Å². The molecular formula is C38H56N6O7. The van der Waals surface area contributed by atoms with Crippen molar-refractivity contribution >= 4 is 23.8 Å². The Bertz CT molecular complexity index is 1510. The van der Waals surface area contributed by atoms with Crippen molar-refractivity contribution in [3.05, 3.63) is 83.7 Å². The summed E-state index contributed by atoms with van der Waals surface area (Å²) in [5.41, 5.74) is 1.84. The Hall–Kier alpha value is -4.14. The summed E-state index contributed by atoms with van der Waals surface area (Å²) in [6, 6.07) is 21.3. The van der Waals surface area contributed by atoms with Crippen molar-refractivity contribution in [1.82, 2.24) is 20.2 Å². The highest BCUT2D eigenvalue weighted by Crippen LogP contribution is 2.23. The number of pyridine rings is 2. The molecule has 4 unspecified atom stereocenters. The molecule has 0 saturated carbocycles. The molecule has 2 fully saturated rings. The van der Waals surface area contributed by atoms with Gasteiger partial charge in [-0.05, 0) is 84.2 Å². The number of aliphatic hydroxyl groups excluding tert-OH is 3. The van der Waals surface area contributed by atoms with Crippen molar-refractivity contribution in [2.24, 2.45) is 11.8 Å². The second-order valence-electron chi connectivity index (χ2n) is 14.7. The molecule has 2 amide bonds. The molecule has 5 rings (SSSR count). The number of carbonyl (C=O) groups excluding carboxylic acids is 2. The van der Waals surface area contributed by atoms with Gasteiger partial charge in [0.2, 0.25) is 0 Å². The highest BCUT2D eigenvalue weighted by Gasteiger charge is 2.31. The average molecular weight is 709 g/mol. The molecule has 13 heteroatoms. The Morgan fingerprint density at radius 1 is 0.725 bits per heavy atom. The number of β-amino-alcohol motifs (C(OH)–C–C–N with tert-alkyl or cyclic N) is 2. The van der Waals surface area contributed by atoms with Crippen molar-refractivity contribution in [2.45, 2.75) is 84.3 Å². The second-order valence-corrected chi connectivity index (χ2v) is 14.7. The highest BCUT2D eigenvalue weighted by atomic mass is 16.6. The number of hydrogen-bond donors (Lipinski definition) is 6. The summed E-state index contributed by atoms with van der Waals surface area (Å²) in [6.07, 6.45) is -0.419. The van der Waals surface area contributed by atoms with E-state index in [9.17, 15) is 19.8 Å². The van der Waals surface area contributed by atoms with Gasteiger partial charge in [0.25, 0.3) is 0 Å². The lowest BCUT2D eigenvalue weighted by molar-refractivity contribution is 0.0624. The van der Waals surface area contributed by atoms with E-state index < -0.39 is 23.4 Å². The van der Waals surface area contributed by atoms with E-state index in [-0.39, 0.29) is 24.0 Å². The predicted octanol–water partition coefficient (Wildman–Crippen LogP) is 4.62.